The van der Waals surface area contributed by atoms with Crippen molar-refractivity contribution in [2.45, 2.75) is 25.7 Å². The van der Waals surface area contributed by atoms with Gasteiger partial charge in [0.1, 0.15) is 0 Å². The molecule has 0 radical (unpaired) electrons. The zero-order chi connectivity index (χ0) is 18.4. The molecular weight excluding hydrogens is 320 g/mol. The van der Waals surface area contributed by atoms with Crippen LogP contribution < -0.4 is 0 Å². The molecule has 0 fully saturated rings. The number of carboxylic acids is 1. The average Bonchev–Trinajstić information content (AvgIpc) is 2.69. The summed E-state index contributed by atoms with van der Waals surface area (Å²) in [6, 6.07) is 28.6. The molecule has 0 aliphatic rings. The molecule has 0 bridgehead atoms. The van der Waals surface area contributed by atoms with Crippen LogP contribution in [0.25, 0.3) is 11.1 Å². The van der Waals surface area contributed by atoms with E-state index in [0.29, 0.717) is 12.8 Å². The van der Waals surface area contributed by atoms with E-state index < -0.39 is 5.97 Å². The van der Waals surface area contributed by atoms with Gasteiger partial charge in [0.25, 0.3) is 0 Å². The molecule has 3 aromatic carbocycles. The highest BCUT2D eigenvalue weighted by molar-refractivity contribution is 5.70. The first-order chi connectivity index (χ1) is 12.6. The standard InChI is InChI=1S/C24H24O2/c1-18(20-8-4-2-5-9-20)16-23(24(25)26)17-19-12-14-22(15-13-19)21-10-6-3-7-11-21/h2-15,18,23H,16-17H2,1H3,(H,25,26). The minimum Gasteiger partial charge on any atom is -0.481 e. The molecule has 1 N–H and O–H groups in total. The average molecular weight is 344 g/mol. The first-order valence-corrected chi connectivity index (χ1v) is 9.05. The van der Waals surface area contributed by atoms with Crippen LogP contribution in [0.15, 0.2) is 84.9 Å². The van der Waals surface area contributed by atoms with Crippen molar-refractivity contribution in [2.75, 3.05) is 0 Å². The largest absolute Gasteiger partial charge is 0.481 e. The maximum absolute atomic E-state index is 11.8. The quantitative estimate of drug-likeness (QED) is 0.589. The second-order valence-electron chi connectivity index (χ2n) is 6.85. The first kappa shape index (κ1) is 17.9. The van der Waals surface area contributed by atoms with Crippen LogP contribution in [0.2, 0.25) is 0 Å². The molecule has 0 saturated heterocycles. The van der Waals surface area contributed by atoms with Crippen molar-refractivity contribution in [1.82, 2.24) is 0 Å². The lowest BCUT2D eigenvalue weighted by atomic mass is 9.86. The van der Waals surface area contributed by atoms with E-state index in [1.54, 1.807) is 0 Å². The minimum atomic E-state index is -0.722. The molecule has 0 amide bonds. The summed E-state index contributed by atoms with van der Waals surface area (Å²) in [7, 11) is 0. The van der Waals surface area contributed by atoms with Crippen LogP contribution in [0.1, 0.15) is 30.4 Å². The predicted octanol–water partition coefficient (Wildman–Crippen LogP) is 5.79. The molecule has 0 aliphatic carbocycles. The number of hydrogen-bond donors (Lipinski definition) is 1. The van der Waals surface area contributed by atoms with Crippen molar-refractivity contribution in [1.29, 1.82) is 0 Å². The number of aliphatic carboxylic acids is 1. The maximum Gasteiger partial charge on any atom is 0.306 e. The summed E-state index contributed by atoms with van der Waals surface area (Å²) in [5, 5.41) is 9.66. The predicted molar refractivity (Wildman–Crippen MR) is 106 cm³/mol. The van der Waals surface area contributed by atoms with Crippen LogP contribution in [0.5, 0.6) is 0 Å². The normalized spacial score (nSPS) is 13.1. The SMILES string of the molecule is CC(CC(Cc1ccc(-c2ccccc2)cc1)C(=O)O)c1ccccc1. The summed E-state index contributed by atoms with van der Waals surface area (Å²) < 4.78 is 0. The molecule has 0 aliphatic heterocycles. The second-order valence-corrected chi connectivity index (χ2v) is 6.85. The monoisotopic (exact) mass is 344 g/mol. The van der Waals surface area contributed by atoms with E-state index in [-0.39, 0.29) is 11.8 Å². The zero-order valence-electron chi connectivity index (χ0n) is 15.0. The Morgan fingerprint density at radius 2 is 1.35 bits per heavy atom. The lowest BCUT2D eigenvalue weighted by Crippen LogP contribution is -2.19. The topological polar surface area (TPSA) is 37.3 Å². The lowest BCUT2D eigenvalue weighted by molar-refractivity contribution is -0.142. The highest BCUT2D eigenvalue weighted by atomic mass is 16.4. The van der Waals surface area contributed by atoms with Gasteiger partial charge in [0.2, 0.25) is 0 Å². The highest BCUT2D eigenvalue weighted by Crippen LogP contribution is 2.27. The molecule has 26 heavy (non-hydrogen) atoms. The van der Waals surface area contributed by atoms with Crippen molar-refractivity contribution >= 4 is 5.97 Å². The maximum atomic E-state index is 11.8. The molecule has 132 valence electrons. The van der Waals surface area contributed by atoms with Crippen LogP contribution in [0.3, 0.4) is 0 Å². The van der Waals surface area contributed by atoms with E-state index in [1.165, 1.54) is 11.1 Å². The molecule has 0 saturated carbocycles. The van der Waals surface area contributed by atoms with Gasteiger partial charge in [-0.3, -0.25) is 4.79 Å². The lowest BCUT2D eigenvalue weighted by Gasteiger charge is -2.18. The zero-order valence-corrected chi connectivity index (χ0v) is 15.0. The third-order valence-corrected chi connectivity index (χ3v) is 4.90. The van der Waals surface area contributed by atoms with E-state index in [1.807, 2.05) is 48.5 Å². The third-order valence-electron chi connectivity index (χ3n) is 4.90. The fourth-order valence-electron chi connectivity index (χ4n) is 3.36. The van der Waals surface area contributed by atoms with Crippen LogP contribution >= 0.6 is 0 Å². The van der Waals surface area contributed by atoms with E-state index >= 15 is 0 Å². The van der Waals surface area contributed by atoms with E-state index in [4.69, 9.17) is 0 Å². The summed E-state index contributed by atoms with van der Waals surface area (Å²) in [5.74, 6) is -0.881. The van der Waals surface area contributed by atoms with Crippen molar-refractivity contribution < 1.29 is 9.90 Å². The van der Waals surface area contributed by atoms with Gasteiger partial charge in [0.05, 0.1) is 5.92 Å². The van der Waals surface area contributed by atoms with Crippen molar-refractivity contribution in [2.24, 2.45) is 5.92 Å². The smallest absolute Gasteiger partial charge is 0.306 e. The van der Waals surface area contributed by atoms with Gasteiger partial charge in [-0.15, -0.1) is 0 Å². The third kappa shape index (κ3) is 4.60. The van der Waals surface area contributed by atoms with Crippen LogP contribution in [-0.2, 0) is 11.2 Å². The van der Waals surface area contributed by atoms with Gasteiger partial charge in [0, 0.05) is 0 Å². The molecule has 2 atom stereocenters. The van der Waals surface area contributed by atoms with Gasteiger partial charge < -0.3 is 5.11 Å². The van der Waals surface area contributed by atoms with E-state index in [2.05, 4.69) is 43.3 Å². The number of rotatable bonds is 7. The van der Waals surface area contributed by atoms with E-state index in [9.17, 15) is 9.90 Å². The van der Waals surface area contributed by atoms with Crippen molar-refractivity contribution in [3.05, 3.63) is 96.1 Å². The number of carboxylic acid groups (broad SMARTS) is 1. The Morgan fingerprint density at radius 3 is 1.92 bits per heavy atom. The van der Waals surface area contributed by atoms with E-state index in [0.717, 1.165) is 11.1 Å². The van der Waals surface area contributed by atoms with Crippen molar-refractivity contribution in [3.8, 4) is 11.1 Å². The molecule has 0 aromatic heterocycles. The van der Waals surface area contributed by atoms with Crippen molar-refractivity contribution in [3.63, 3.8) is 0 Å². The Morgan fingerprint density at radius 1 is 0.808 bits per heavy atom. The van der Waals surface area contributed by atoms with Crippen LogP contribution in [0.4, 0.5) is 0 Å². The summed E-state index contributed by atoms with van der Waals surface area (Å²) in [6.07, 6.45) is 1.20. The summed E-state index contributed by atoms with van der Waals surface area (Å²) in [4.78, 5) is 11.8. The molecular formula is C24H24O2. The fraction of sp³-hybridized carbons (Fsp3) is 0.208. The summed E-state index contributed by atoms with van der Waals surface area (Å²) in [6.45, 7) is 2.10. The Balaban J connectivity index is 1.69. The Kier molecular flexibility index (Phi) is 5.85. The molecule has 2 heteroatoms. The Hall–Kier alpha value is -2.87. The Bertz CT molecular complexity index is 823. The number of hydrogen-bond acceptors (Lipinski definition) is 1. The van der Waals surface area contributed by atoms with Gasteiger partial charge in [0.15, 0.2) is 0 Å². The minimum absolute atomic E-state index is 0.223. The summed E-state index contributed by atoms with van der Waals surface area (Å²) >= 11 is 0. The van der Waals surface area contributed by atoms with Gasteiger partial charge >= 0.3 is 5.97 Å². The van der Waals surface area contributed by atoms with Crippen LogP contribution in [-0.4, -0.2) is 11.1 Å². The highest BCUT2D eigenvalue weighted by Gasteiger charge is 2.21. The molecule has 3 rings (SSSR count). The Labute approximate surface area is 155 Å². The summed E-state index contributed by atoms with van der Waals surface area (Å²) in [5.41, 5.74) is 4.58. The van der Waals surface area contributed by atoms with Crippen LogP contribution in [0, 0.1) is 5.92 Å². The number of benzene rings is 3. The first-order valence-electron chi connectivity index (χ1n) is 9.05. The molecule has 3 aromatic rings. The molecule has 2 nitrogen and oxygen atoms in total. The second kappa shape index (κ2) is 8.48. The van der Waals surface area contributed by atoms with Gasteiger partial charge in [-0.2, -0.15) is 0 Å². The molecule has 0 spiro atoms. The molecule has 0 heterocycles. The fourth-order valence-corrected chi connectivity index (χ4v) is 3.36. The molecule has 2 unspecified atom stereocenters. The van der Waals surface area contributed by atoms with Gasteiger partial charge in [-0.1, -0.05) is 91.9 Å². The van der Waals surface area contributed by atoms with Gasteiger partial charge in [-0.25, -0.2) is 0 Å². The van der Waals surface area contributed by atoms with Gasteiger partial charge in [-0.05, 0) is 41.0 Å². The number of carbonyl (C=O) groups is 1.